The lowest BCUT2D eigenvalue weighted by Crippen LogP contribution is -2.18. The van der Waals surface area contributed by atoms with E-state index >= 15 is 0 Å². The van der Waals surface area contributed by atoms with Crippen LogP contribution in [0.3, 0.4) is 0 Å². The first-order valence-corrected chi connectivity index (χ1v) is 8.02. The zero-order valence-corrected chi connectivity index (χ0v) is 12.0. The zero-order chi connectivity index (χ0) is 15.6. The SMILES string of the molecule is NS(=O)(=O)c1cc(C(=O)OCC2CCCC2)c(F)cc1F. The zero-order valence-electron chi connectivity index (χ0n) is 11.1. The Hall–Kier alpha value is -1.54. The lowest BCUT2D eigenvalue weighted by atomic mass is 10.1. The molecule has 1 aromatic rings. The van der Waals surface area contributed by atoms with E-state index in [0.717, 1.165) is 25.7 Å². The normalized spacial score (nSPS) is 16.1. The van der Waals surface area contributed by atoms with E-state index in [9.17, 15) is 22.0 Å². The molecule has 2 N–H and O–H groups in total. The van der Waals surface area contributed by atoms with Gasteiger partial charge in [-0.05, 0) is 24.8 Å². The smallest absolute Gasteiger partial charge is 0.341 e. The summed E-state index contributed by atoms with van der Waals surface area (Å²) in [7, 11) is -4.39. The maximum Gasteiger partial charge on any atom is 0.341 e. The Balaban J connectivity index is 2.20. The maximum atomic E-state index is 13.6. The van der Waals surface area contributed by atoms with E-state index in [4.69, 9.17) is 9.88 Å². The molecule has 0 radical (unpaired) electrons. The van der Waals surface area contributed by atoms with Crippen LogP contribution in [0.1, 0.15) is 36.0 Å². The molecule has 0 heterocycles. The molecule has 0 unspecified atom stereocenters. The number of carbonyl (C=O) groups is 1. The molecule has 1 aliphatic carbocycles. The Kier molecular flexibility index (Phi) is 4.58. The van der Waals surface area contributed by atoms with Crippen LogP contribution >= 0.6 is 0 Å². The van der Waals surface area contributed by atoms with Crippen molar-refractivity contribution >= 4 is 16.0 Å². The molecule has 1 aliphatic rings. The van der Waals surface area contributed by atoms with E-state index in [-0.39, 0.29) is 12.5 Å². The minimum atomic E-state index is -4.39. The third-order valence-electron chi connectivity index (χ3n) is 3.47. The van der Waals surface area contributed by atoms with Gasteiger partial charge in [0.05, 0.1) is 12.2 Å². The van der Waals surface area contributed by atoms with Crippen molar-refractivity contribution in [2.45, 2.75) is 30.6 Å². The fraction of sp³-hybridized carbons (Fsp3) is 0.462. The van der Waals surface area contributed by atoms with E-state index in [0.29, 0.717) is 12.1 Å². The third-order valence-corrected chi connectivity index (χ3v) is 4.40. The van der Waals surface area contributed by atoms with Crippen LogP contribution in [0.15, 0.2) is 17.0 Å². The summed E-state index contributed by atoms with van der Waals surface area (Å²) >= 11 is 0. The van der Waals surface area contributed by atoms with Crippen molar-refractivity contribution in [3.8, 4) is 0 Å². The molecule has 1 fully saturated rings. The number of esters is 1. The van der Waals surface area contributed by atoms with Gasteiger partial charge in [0.25, 0.3) is 0 Å². The van der Waals surface area contributed by atoms with Gasteiger partial charge < -0.3 is 4.74 Å². The summed E-state index contributed by atoms with van der Waals surface area (Å²) < 4.78 is 54.3. The van der Waals surface area contributed by atoms with Crippen LogP contribution in [0, 0.1) is 17.6 Å². The standard InChI is InChI=1S/C13H15F2NO4S/c14-10-6-11(15)12(21(16,18)19)5-9(10)13(17)20-7-8-3-1-2-4-8/h5-6,8H,1-4,7H2,(H2,16,18,19). The molecule has 0 bridgehead atoms. The number of benzene rings is 1. The Morgan fingerprint density at radius 1 is 1.24 bits per heavy atom. The van der Waals surface area contributed by atoms with E-state index in [1.54, 1.807) is 0 Å². The second kappa shape index (κ2) is 6.07. The molecule has 1 saturated carbocycles. The molecular weight excluding hydrogens is 304 g/mol. The van der Waals surface area contributed by atoms with Crippen molar-refractivity contribution in [3.05, 3.63) is 29.3 Å². The molecule has 1 aromatic carbocycles. The predicted molar refractivity (Wildman–Crippen MR) is 70.0 cm³/mol. The minimum Gasteiger partial charge on any atom is -0.462 e. The first-order valence-electron chi connectivity index (χ1n) is 6.48. The Morgan fingerprint density at radius 3 is 2.43 bits per heavy atom. The van der Waals surface area contributed by atoms with Gasteiger partial charge in [0, 0.05) is 6.07 Å². The molecule has 0 spiro atoms. The minimum absolute atomic E-state index is 0.139. The van der Waals surface area contributed by atoms with Gasteiger partial charge in [-0.15, -0.1) is 0 Å². The molecule has 116 valence electrons. The summed E-state index contributed by atoms with van der Waals surface area (Å²) in [5.41, 5.74) is -0.640. The summed E-state index contributed by atoms with van der Waals surface area (Å²) in [5.74, 6) is -3.32. The Bertz CT molecular complexity index is 654. The van der Waals surface area contributed by atoms with Crippen LogP contribution in [0.5, 0.6) is 0 Å². The lowest BCUT2D eigenvalue weighted by molar-refractivity contribution is 0.0437. The van der Waals surface area contributed by atoms with Gasteiger partial charge in [-0.25, -0.2) is 27.1 Å². The Morgan fingerprint density at radius 2 is 1.86 bits per heavy atom. The number of ether oxygens (including phenoxy) is 1. The first kappa shape index (κ1) is 15.8. The van der Waals surface area contributed by atoms with Crippen LogP contribution in [-0.4, -0.2) is 21.0 Å². The van der Waals surface area contributed by atoms with Gasteiger partial charge in [0.1, 0.15) is 16.5 Å². The summed E-state index contributed by atoms with van der Waals surface area (Å²) in [4.78, 5) is 10.9. The number of primary sulfonamides is 1. The average Bonchev–Trinajstić information content (AvgIpc) is 2.87. The topological polar surface area (TPSA) is 86.5 Å². The maximum absolute atomic E-state index is 13.6. The van der Waals surface area contributed by atoms with Gasteiger partial charge in [-0.3, -0.25) is 0 Å². The molecule has 0 amide bonds. The summed E-state index contributed by atoms with van der Waals surface area (Å²) in [5, 5.41) is 4.81. The molecule has 0 aliphatic heterocycles. The first-order chi connectivity index (χ1) is 9.79. The average molecular weight is 319 g/mol. The van der Waals surface area contributed by atoms with E-state index < -0.39 is 38.1 Å². The van der Waals surface area contributed by atoms with Gasteiger partial charge in [-0.1, -0.05) is 12.8 Å². The highest BCUT2D eigenvalue weighted by Gasteiger charge is 2.24. The number of nitrogens with two attached hydrogens (primary N) is 1. The van der Waals surface area contributed by atoms with Crippen LogP contribution in [-0.2, 0) is 14.8 Å². The molecule has 0 saturated heterocycles. The highest BCUT2D eigenvalue weighted by molar-refractivity contribution is 7.89. The number of rotatable bonds is 4. The number of sulfonamides is 1. The fourth-order valence-electron chi connectivity index (χ4n) is 2.35. The highest BCUT2D eigenvalue weighted by Crippen LogP contribution is 2.25. The van der Waals surface area contributed by atoms with E-state index in [1.807, 2.05) is 0 Å². The molecule has 2 rings (SSSR count). The van der Waals surface area contributed by atoms with Gasteiger partial charge >= 0.3 is 5.97 Å². The van der Waals surface area contributed by atoms with Crippen molar-refractivity contribution in [2.24, 2.45) is 11.1 Å². The summed E-state index contributed by atoms with van der Waals surface area (Å²) in [6.45, 7) is 0.139. The molecule has 21 heavy (non-hydrogen) atoms. The van der Waals surface area contributed by atoms with Gasteiger partial charge in [0.15, 0.2) is 0 Å². The quantitative estimate of drug-likeness (QED) is 0.860. The number of hydrogen-bond donors (Lipinski definition) is 1. The second-order valence-electron chi connectivity index (χ2n) is 5.06. The van der Waals surface area contributed by atoms with Crippen LogP contribution in [0.2, 0.25) is 0 Å². The van der Waals surface area contributed by atoms with Crippen molar-refractivity contribution in [3.63, 3.8) is 0 Å². The monoisotopic (exact) mass is 319 g/mol. The Labute approximate surface area is 121 Å². The number of halogens is 2. The van der Waals surface area contributed by atoms with Crippen LogP contribution < -0.4 is 5.14 Å². The van der Waals surface area contributed by atoms with Crippen molar-refractivity contribution < 1.29 is 26.7 Å². The van der Waals surface area contributed by atoms with Crippen LogP contribution in [0.4, 0.5) is 8.78 Å². The van der Waals surface area contributed by atoms with Crippen LogP contribution in [0.25, 0.3) is 0 Å². The molecule has 5 nitrogen and oxygen atoms in total. The summed E-state index contributed by atoms with van der Waals surface area (Å²) in [6.07, 6.45) is 3.98. The largest absolute Gasteiger partial charge is 0.462 e. The second-order valence-corrected chi connectivity index (χ2v) is 6.59. The number of hydrogen-bond acceptors (Lipinski definition) is 4. The van der Waals surface area contributed by atoms with Crippen molar-refractivity contribution in [1.82, 2.24) is 0 Å². The van der Waals surface area contributed by atoms with E-state index in [2.05, 4.69) is 0 Å². The highest BCUT2D eigenvalue weighted by atomic mass is 32.2. The fourth-order valence-corrected chi connectivity index (χ4v) is 2.96. The van der Waals surface area contributed by atoms with Crippen molar-refractivity contribution in [1.29, 1.82) is 0 Å². The molecule has 0 atom stereocenters. The predicted octanol–water partition coefficient (Wildman–Crippen LogP) is 1.96. The summed E-state index contributed by atoms with van der Waals surface area (Å²) in [6, 6.07) is 0.878. The third kappa shape index (κ3) is 3.76. The number of carbonyl (C=O) groups excluding carboxylic acids is 1. The lowest BCUT2D eigenvalue weighted by Gasteiger charge is -2.11. The van der Waals surface area contributed by atoms with Crippen molar-refractivity contribution in [2.75, 3.05) is 6.61 Å². The van der Waals surface area contributed by atoms with E-state index in [1.165, 1.54) is 0 Å². The molecule has 8 heteroatoms. The molecule has 0 aromatic heterocycles. The molecular formula is C13H15F2NO4S. The van der Waals surface area contributed by atoms with Gasteiger partial charge in [-0.2, -0.15) is 0 Å². The van der Waals surface area contributed by atoms with Gasteiger partial charge in [0.2, 0.25) is 10.0 Å².